The maximum atomic E-state index is 13.0. The van der Waals surface area contributed by atoms with Crippen LogP contribution in [0.4, 0.5) is 0 Å². The van der Waals surface area contributed by atoms with Gasteiger partial charge in [-0.05, 0) is 43.9 Å². The number of H-pyrrole nitrogens is 1. The van der Waals surface area contributed by atoms with E-state index in [1.54, 1.807) is 6.07 Å². The van der Waals surface area contributed by atoms with E-state index in [1.165, 1.54) is 22.5 Å². The number of ether oxygens (including phenoxy) is 1. The Hall–Kier alpha value is -2.23. The summed E-state index contributed by atoms with van der Waals surface area (Å²) >= 11 is 0. The minimum atomic E-state index is -3.64. The van der Waals surface area contributed by atoms with Gasteiger partial charge in [-0.25, -0.2) is 8.42 Å². The van der Waals surface area contributed by atoms with Gasteiger partial charge in [-0.15, -0.1) is 0 Å². The summed E-state index contributed by atoms with van der Waals surface area (Å²) in [6, 6.07) is 5.72. The lowest BCUT2D eigenvalue weighted by atomic mass is 10.1. The Bertz CT molecular complexity index is 1070. The average molecular weight is 420 g/mol. The van der Waals surface area contributed by atoms with Gasteiger partial charge in [-0.3, -0.25) is 9.59 Å². The van der Waals surface area contributed by atoms with E-state index >= 15 is 0 Å². The van der Waals surface area contributed by atoms with Gasteiger partial charge in [-0.1, -0.05) is 6.42 Å². The molecule has 2 saturated heterocycles. The highest BCUT2D eigenvalue weighted by molar-refractivity contribution is 7.89. The predicted molar refractivity (Wildman–Crippen MR) is 108 cm³/mol. The van der Waals surface area contributed by atoms with Gasteiger partial charge in [0.2, 0.25) is 15.6 Å². The number of piperidine rings is 1. The first kappa shape index (κ1) is 20.1. The van der Waals surface area contributed by atoms with Crippen molar-refractivity contribution in [2.24, 2.45) is 0 Å². The quantitative estimate of drug-likeness (QED) is 0.765. The van der Waals surface area contributed by atoms with Crippen LogP contribution in [0.25, 0.3) is 10.9 Å². The van der Waals surface area contributed by atoms with Gasteiger partial charge in [-0.2, -0.15) is 4.31 Å². The van der Waals surface area contributed by atoms with E-state index in [9.17, 15) is 18.0 Å². The molecule has 9 heteroatoms. The first-order valence-corrected chi connectivity index (χ1v) is 11.5. The molecule has 0 spiro atoms. The number of amides is 1. The second kappa shape index (κ2) is 8.25. The van der Waals surface area contributed by atoms with Crippen LogP contribution in [-0.2, 0) is 14.8 Å². The number of benzene rings is 1. The number of fused-ring (bicyclic) bond motifs is 1. The molecule has 0 saturated carbocycles. The van der Waals surface area contributed by atoms with Gasteiger partial charge in [0.1, 0.15) is 0 Å². The number of aromatic nitrogens is 1. The van der Waals surface area contributed by atoms with Gasteiger partial charge in [0.25, 0.3) is 5.91 Å². The lowest BCUT2D eigenvalue weighted by molar-refractivity contribution is 0.0859. The molecule has 2 aliphatic rings. The third-order valence-electron chi connectivity index (χ3n) is 5.53. The number of sulfonamides is 1. The van der Waals surface area contributed by atoms with Crippen LogP contribution in [0.3, 0.4) is 0 Å². The van der Waals surface area contributed by atoms with Crippen molar-refractivity contribution in [3.63, 3.8) is 0 Å². The van der Waals surface area contributed by atoms with Crippen LogP contribution in [0.15, 0.2) is 34.0 Å². The second-order valence-corrected chi connectivity index (χ2v) is 9.50. The molecule has 8 nitrogen and oxygen atoms in total. The summed E-state index contributed by atoms with van der Waals surface area (Å²) in [6.07, 6.45) is 4.54. The predicted octanol–water partition coefficient (Wildman–Crippen LogP) is 1.61. The zero-order chi connectivity index (χ0) is 20.4. The normalized spacial score (nSPS) is 20.8. The Labute approximate surface area is 169 Å². The Morgan fingerprint density at radius 1 is 1.17 bits per heavy atom. The molecule has 2 aromatic rings. The minimum absolute atomic E-state index is 0.0257. The molecule has 1 unspecified atom stereocenters. The summed E-state index contributed by atoms with van der Waals surface area (Å²) in [6.45, 7) is 2.05. The monoisotopic (exact) mass is 419 g/mol. The van der Waals surface area contributed by atoms with Crippen LogP contribution < -0.4 is 10.9 Å². The topological polar surface area (TPSA) is 109 Å². The Balaban J connectivity index is 1.67. The molecule has 4 rings (SSSR count). The van der Waals surface area contributed by atoms with Crippen LogP contribution in [-0.4, -0.2) is 56.0 Å². The lowest BCUT2D eigenvalue weighted by Gasteiger charge is -2.26. The highest BCUT2D eigenvalue weighted by Crippen LogP contribution is 2.25. The molecule has 1 amide bonds. The Morgan fingerprint density at radius 2 is 1.97 bits per heavy atom. The maximum absolute atomic E-state index is 13.0. The summed E-state index contributed by atoms with van der Waals surface area (Å²) in [4.78, 5) is 27.6. The molecule has 0 bridgehead atoms. The summed E-state index contributed by atoms with van der Waals surface area (Å²) in [7, 11) is -3.64. The molecule has 29 heavy (non-hydrogen) atoms. The Morgan fingerprint density at radius 3 is 2.69 bits per heavy atom. The number of carbonyl (C=O) groups is 1. The van der Waals surface area contributed by atoms with Crippen molar-refractivity contribution >= 4 is 26.8 Å². The fourth-order valence-corrected chi connectivity index (χ4v) is 5.49. The smallest absolute Gasteiger partial charge is 0.252 e. The standard InChI is InChI=1S/C20H25N3O5S/c24-19-12-17(20(25)21-13-14-5-4-10-28-14)16-11-15(6-7-18(16)22-19)29(26,27)23-8-2-1-3-9-23/h6-7,11-12,14H,1-5,8-10,13H2,(H,21,25)(H,22,24). The van der Waals surface area contributed by atoms with Crippen LogP contribution >= 0.6 is 0 Å². The number of hydrogen-bond acceptors (Lipinski definition) is 5. The summed E-state index contributed by atoms with van der Waals surface area (Å²) in [5.41, 5.74) is 0.182. The molecule has 0 radical (unpaired) electrons. The molecule has 2 aliphatic heterocycles. The largest absolute Gasteiger partial charge is 0.376 e. The van der Waals surface area contributed by atoms with Crippen molar-refractivity contribution in [1.29, 1.82) is 0 Å². The lowest BCUT2D eigenvalue weighted by Crippen LogP contribution is -2.35. The van der Waals surface area contributed by atoms with E-state index in [-0.39, 0.29) is 16.6 Å². The van der Waals surface area contributed by atoms with Crippen molar-refractivity contribution in [2.75, 3.05) is 26.2 Å². The third-order valence-corrected chi connectivity index (χ3v) is 7.42. The molecule has 1 aromatic carbocycles. The average Bonchev–Trinajstić information content (AvgIpc) is 3.25. The van der Waals surface area contributed by atoms with Gasteiger partial charge in [0.15, 0.2) is 0 Å². The van der Waals surface area contributed by atoms with E-state index in [4.69, 9.17) is 4.74 Å². The number of nitrogens with one attached hydrogen (secondary N) is 2. The van der Waals surface area contributed by atoms with Crippen LogP contribution in [0.5, 0.6) is 0 Å². The summed E-state index contributed by atoms with van der Waals surface area (Å²) in [5, 5.41) is 3.21. The van der Waals surface area contributed by atoms with E-state index in [0.29, 0.717) is 37.1 Å². The SMILES string of the molecule is O=C(NCC1CCCO1)c1cc(=O)[nH]c2ccc(S(=O)(=O)N3CCCCC3)cc12. The Kier molecular flexibility index (Phi) is 5.71. The van der Waals surface area contributed by atoms with Crippen LogP contribution in [0, 0.1) is 0 Å². The molecular weight excluding hydrogens is 394 g/mol. The number of pyridine rings is 1. The highest BCUT2D eigenvalue weighted by Gasteiger charge is 2.27. The molecule has 1 aromatic heterocycles. The van der Waals surface area contributed by atoms with Gasteiger partial charge in [0.05, 0.1) is 16.6 Å². The zero-order valence-corrected chi connectivity index (χ0v) is 17.0. The molecular formula is C20H25N3O5S. The van der Waals surface area contributed by atoms with Crippen LogP contribution in [0.1, 0.15) is 42.5 Å². The van der Waals surface area contributed by atoms with Gasteiger partial charge < -0.3 is 15.0 Å². The van der Waals surface area contributed by atoms with E-state index in [0.717, 1.165) is 32.1 Å². The molecule has 156 valence electrons. The van der Waals surface area contributed by atoms with Gasteiger partial charge >= 0.3 is 0 Å². The summed E-state index contributed by atoms with van der Waals surface area (Å²) < 4.78 is 33.0. The molecule has 0 aliphatic carbocycles. The number of aromatic amines is 1. The van der Waals surface area contributed by atoms with Crippen molar-refractivity contribution in [3.05, 3.63) is 40.2 Å². The first-order valence-electron chi connectivity index (χ1n) is 10.0. The van der Waals surface area contributed by atoms with Crippen LogP contribution in [0.2, 0.25) is 0 Å². The fourth-order valence-electron chi connectivity index (χ4n) is 3.94. The second-order valence-electron chi connectivity index (χ2n) is 7.56. The third kappa shape index (κ3) is 4.22. The molecule has 2 N–H and O–H groups in total. The first-order chi connectivity index (χ1) is 13.9. The molecule has 2 fully saturated rings. The molecule has 3 heterocycles. The maximum Gasteiger partial charge on any atom is 0.252 e. The zero-order valence-electron chi connectivity index (χ0n) is 16.1. The van der Waals surface area contributed by atoms with Gasteiger partial charge in [0, 0.05) is 43.2 Å². The number of nitrogens with zero attached hydrogens (tertiary/aromatic N) is 1. The van der Waals surface area contributed by atoms with E-state index in [2.05, 4.69) is 10.3 Å². The number of rotatable bonds is 5. The number of hydrogen-bond donors (Lipinski definition) is 2. The summed E-state index contributed by atoms with van der Waals surface area (Å²) in [5.74, 6) is -0.413. The van der Waals surface area contributed by atoms with E-state index < -0.39 is 21.5 Å². The number of carbonyl (C=O) groups excluding carboxylic acids is 1. The van der Waals surface area contributed by atoms with Crippen molar-refractivity contribution in [2.45, 2.75) is 43.1 Å². The minimum Gasteiger partial charge on any atom is -0.376 e. The van der Waals surface area contributed by atoms with E-state index in [1.807, 2.05) is 0 Å². The van der Waals surface area contributed by atoms with Crippen molar-refractivity contribution < 1.29 is 17.9 Å². The van der Waals surface area contributed by atoms with Crippen molar-refractivity contribution in [3.8, 4) is 0 Å². The van der Waals surface area contributed by atoms with Crippen molar-refractivity contribution in [1.82, 2.24) is 14.6 Å². The molecule has 1 atom stereocenters. The highest BCUT2D eigenvalue weighted by atomic mass is 32.2. The fraction of sp³-hybridized carbons (Fsp3) is 0.500.